The molecule has 0 aliphatic carbocycles. The fourth-order valence-electron chi connectivity index (χ4n) is 3.69. The van der Waals surface area contributed by atoms with Crippen molar-refractivity contribution in [2.24, 2.45) is 5.92 Å². The van der Waals surface area contributed by atoms with Crippen LogP contribution in [0.3, 0.4) is 0 Å². The Kier molecular flexibility index (Phi) is 3.61. The molecule has 1 amide bonds. The molecule has 24 heavy (non-hydrogen) atoms. The summed E-state index contributed by atoms with van der Waals surface area (Å²) in [5, 5.41) is 3.45. The van der Waals surface area contributed by atoms with Crippen molar-refractivity contribution in [3.63, 3.8) is 0 Å². The van der Waals surface area contributed by atoms with Crippen molar-refractivity contribution in [2.75, 3.05) is 25.9 Å². The van der Waals surface area contributed by atoms with Crippen LogP contribution in [0.25, 0.3) is 11.0 Å². The Labute approximate surface area is 139 Å². The average Bonchev–Trinajstić information content (AvgIpc) is 2.99. The van der Waals surface area contributed by atoms with Gasteiger partial charge in [0.1, 0.15) is 16.9 Å². The molecule has 7 nitrogen and oxygen atoms in total. The van der Waals surface area contributed by atoms with Gasteiger partial charge in [0.25, 0.3) is 5.91 Å². The van der Waals surface area contributed by atoms with E-state index in [0.717, 1.165) is 38.7 Å². The molecule has 0 radical (unpaired) electrons. The number of piperidine rings is 3. The summed E-state index contributed by atoms with van der Waals surface area (Å²) in [6.07, 6.45) is 5.92. The van der Waals surface area contributed by atoms with Crippen LogP contribution in [0.2, 0.25) is 0 Å². The molecule has 5 rings (SSSR count). The molecule has 8 heteroatoms. The maximum atomic E-state index is 12.5. The number of fused-ring (bicyclic) bond motifs is 4. The monoisotopic (exact) mass is 349 g/mol. The van der Waals surface area contributed by atoms with Gasteiger partial charge >= 0.3 is 0 Å². The number of aromatic nitrogens is 1. The topological polar surface area (TPSA) is 92.5 Å². The van der Waals surface area contributed by atoms with Crippen molar-refractivity contribution in [3.05, 3.63) is 24.2 Å². The van der Waals surface area contributed by atoms with E-state index in [9.17, 15) is 13.2 Å². The number of furan rings is 1. The van der Waals surface area contributed by atoms with Gasteiger partial charge in [0, 0.05) is 24.2 Å². The molecular formula is C16H19N3O4S. The fourth-order valence-corrected chi connectivity index (χ4v) is 4.47. The molecule has 2 aromatic heterocycles. The van der Waals surface area contributed by atoms with Gasteiger partial charge in [-0.2, -0.15) is 0 Å². The molecule has 1 atom stereocenters. The van der Waals surface area contributed by atoms with Gasteiger partial charge in [-0.3, -0.25) is 4.79 Å². The molecule has 0 spiro atoms. The van der Waals surface area contributed by atoms with Crippen molar-refractivity contribution in [1.82, 2.24) is 15.2 Å². The quantitative estimate of drug-likeness (QED) is 0.891. The molecule has 3 aliphatic heterocycles. The van der Waals surface area contributed by atoms with E-state index in [1.165, 1.54) is 18.5 Å². The van der Waals surface area contributed by atoms with Crippen LogP contribution < -0.4 is 5.32 Å². The van der Waals surface area contributed by atoms with E-state index >= 15 is 0 Å². The number of amides is 1. The maximum absolute atomic E-state index is 12.5. The van der Waals surface area contributed by atoms with E-state index in [-0.39, 0.29) is 22.5 Å². The highest BCUT2D eigenvalue weighted by molar-refractivity contribution is 7.91. The number of hydrogen-bond acceptors (Lipinski definition) is 6. The molecule has 2 bridgehead atoms. The summed E-state index contributed by atoms with van der Waals surface area (Å²) in [4.78, 5) is 19.1. The van der Waals surface area contributed by atoms with E-state index < -0.39 is 9.84 Å². The first-order valence-electron chi connectivity index (χ1n) is 8.02. The third-order valence-electron chi connectivity index (χ3n) is 5.03. The van der Waals surface area contributed by atoms with Crippen molar-refractivity contribution in [3.8, 4) is 0 Å². The van der Waals surface area contributed by atoms with Crippen molar-refractivity contribution >= 4 is 26.7 Å². The van der Waals surface area contributed by atoms with E-state index in [1.54, 1.807) is 0 Å². The summed E-state index contributed by atoms with van der Waals surface area (Å²) in [5.41, 5.74) is 0.569. The molecule has 1 N–H and O–H groups in total. The van der Waals surface area contributed by atoms with Gasteiger partial charge in [-0.25, -0.2) is 13.4 Å². The predicted molar refractivity (Wildman–Crippen MR) is 87.5 cm³/mol. The van der Waals surface area contributed by atoms with Gasteiger partial charge in [-0.1, -0.05) is 0 Å². The van der Waals surface area contributed by atoms with Crippen LogP contribution in [-0.4, -0.2) is 56.1 Å². The smallest absolute Gasteiger partial charge is 0.270 e. The predicted octanol–water partition coefficient (Wildman–Crippen LogP) is 1.06. The van der Waals surface area contributed by atoms with E-state index in [0.29, 0.717) is 16.9 Å². The molecule has 3 aliphatic rings. The molecular weight excluding hydrogens is 330 g/mol. The number of hydrogen-bond donors (Lipinski definition) is 1. The van der Waals surface area contributed by atoms with Crippen molar-refractivity contribution in [1.29, 1.82) is 0 Å². The van der Waals surface area contributed by atoms with Crippen molar-refractivity contribution < 1.29 is 17.6 Å². The average molecular weight is 349 g/mol. The Hall–Kier alpha value is -1.93. The minimum Gasteiger partial charge on any atom is -0.461 e. The highest BCUT2D eigenvalue weighted by Crippen LogP contribution is 2.28. The standard InChI is InChI=1S/C16H19N3O4S/c1-24(21,22)15-9-23-14-7-17-12(6-11(14)15)16(20)18-13-8-19-4-2-10(13)3-5-19/h6-7,9-10,13H,2-5,8H2,1H3,(H,18,20)/t13-/m0/s1. The zero-order valence-corrected chi connectivity index (χ0v) is 14.2. The third kappa shape index (κ3) is 2.69. The van der Waals surface area contributed by atoms with Crippen LogP contribution in [0, 0.1) is 5.92 Å². The summed E-state index contributed by atoms with van der Waals surface area (Å²) in [5.74, 6) is 0.250. The van der Waals surface area contributed by atoms with E-state index in [2.05, 4.69) is 15.2 Å². The third-order valence-corrected chi connectivity index (χ3v) is 6.15. The summed E-state index contributed by atoms with van der Waals surface area (Å²) in [6, 6.07) is 1.63. The summed E-state index contributed by atoms with van der Waals surface area (Å²) in [7, 11) is -3.42. The summed E-state index contributed by atoms with van der Waals surface area (Å²) < 4.78 is 28.8. The summed E-state index contributed by atoms with van der Waals surface area (Å²) in [6.45, 7) is 3.08. The maximum Gasteiger partial charge on any atom is 0.270 e. The second-order valence-electron chi connectivity index (χ2n) is 6.66. The number of carbonyl (C=O) groups excluding carboxylic acids is 1. The van der Waals surface area contributed by atoms with Crippen molar-refractivity contribution in [2.45, 2.75) is 23.8 Å². The second kappa shape index (κ2) is 5.56. The zero-order chi connectivity index (χ0) is 16.9. The first-order valence-corrected chi connectivity index (χ1v) is 9.91. The largest absolute Gasteiger partial charge is 0.461 e. The van der Waals surface area contributed by atoms with E-state index in [4.69, 9.17) is 4.42 Å². The highest BCUT2D eigenvalue weighted by atomic mass is 32.2. The number of nitrogens with zero attached hydrogens (tertiary/aromatic N) is 2. The van der Waals surface area contributed by atoms with Crippen LogP contribution in [-0.2, 0) is 9.84 Å². The molecule has 128 valence electrons. The van der Waals surface area contributed by atoms with Crippen LogP contribution in [0.5, 0.6) is 0 Å². The second-order valence-corrected chi connectivity index (χ2v) is 8.64. The van der Waals surface area contributed by atoms with Gasteiger partial charge in [0.15, 0.2) is 15.4 Å². The number of pyridine rings is 1. The minimum absolute atomic E-state index is 0.0804. The normalized spacial score (nSPS) is 26.6. The lowest BCUT2D eigenvalue weighted by molar-refractivity contribution is 0.0618. The Bertz CT molecular complexity index is 897. The first kappa shape index (κ1) is 15.6. The molecule has 0 aromatic carbocycles. The zero-order valence-electron chi connectivity index (χ0n) is 13.4. The SMILES string of the molecule is CS(=O)(=O)c1coc2cnc(C(=O)N[C@H]3CN4CCC3CC4)cc12. The van der Waals surface area contributed by atoms with Crippen LogP contribution in [0.4, 0.5) is 0 Å². The molecule has 5 heterocycles. The molecule has 2 aromatic rings. The fraction of sp³-hybridized carbons (Fsp3) is 0.500. The Morgan fingerprint density at radius 2 is 2.12 bits per heavy atom. The number of carbonyl (C=O) groups is 1. The van der Waals surface area contributed by atoms with Crippen LogP contribution >= 0.6 is 0 Å². The summed E-state index contributed by atoms with van der Waals surface area (Å²) >= 11 is 0. The number of rotatable bonds is 3. The molecule has 0 saturated carbocycles. The minimum atomic E-state index is -3.42. The first-order chi connectivity index (χ1) is 11.4. The van der Waals surface area contributed by atoms with Gasteiger partial charge in [-0.05, 0) is 37.9 Å². The Morgan fingerprint density at radius 3 is 2.75 bits per heavy atom. The van der Waals surface area contributed by atoms with Crippen LogP contribution in [0.15, 0.2) is 27.8 Å². The van der Waals surface area contributed by atoms with Crippen LogP contribution in [0.1, 0.15) is 23.3 Å². The van der Waals surface area contributed by atoms with Gasteiger partial charge in [0.2, 0.25) is 0 Å². The van der Waals surface area contributed by atoms with Gasteiger partial charge in [-0.15, -0.1) is 0 Å². The van der Waals surface area contributed by atoms with E-state index in [1.807, 2.05) is 0 Å². The molecule has 0 unspecified atom stereocenters. The lowest BCUT2D eigenvalue weighted by atomic mass is 9.84. The Morgan fingerprint density at radius 1 is 1.38 bits per heavy atom. The number of sulfone groups is 1. The van der Waals surface area contributed by atoms with Gasteiger partial charge in [0.05, 0.1) is 6.20 Å². The highest BCUT2D eigenvalue weighted by Gasteiger charge is 2.35. The molecule has 3 saturated heterocycles. The van der Waals surface area contributed by atoms with Gasteiger partial charge < -0.3 is 14.6 Å². The molecule has 3 fully saturated rings. The lowest BCUT2D eigenvalue weighted by Gasteiger charge is -2.44. The Balaban J connectivity index is 1.60. The lowest BCUT2D eigenvalue weighted by Crippen LogP contribution is -2.57. The number of nitrogens with one attached hydrogen (secondary N) is 1.